The maximum absolute atomic E-state index is 12.2. The molecule has 3 rings (SSSR count). The lowest BCUT2D eigenvalue weighted by Crippen LogP contribution is -2.17. The van der Waals surface area contributed by atoms with Gasteiger partial charge in [-0.2, -0.15) is 11.3 Å². The van der Waals surface area contributed by atoms with Gasteiger partial charge in [-0.15, -0.1) is 0 Å². The van der Waals surface area contributed by atoms with Crippen molar-refractivity contribution in [1.82, 2.24) is 0 Å². The van der Waals surface area contributed by atoms with E-state index in [4.69, 9.17) is 15.2 Å². The molecule has 0 saturated heterocycles. The lowest BCUT2D eigenvalue weighted by Gasteiger charge is -2.20. The van der Waals surface area contributed by atoms with Crippen LogP contribution in [-0.2, 0) is 0 Å². The molecule has 1 aromatic heterocycles. The molecule has 1 aromatic carbocycles. The second-order valence-corrected chi connectivity index (χ2v) is 5.25. The smallest absolute Gasteiger partial charge is 0.256 e. The van der Waals surface area contributed by atoms with Gasteiger partial charge in [0, 0.05) is 17.5 Å². The van der Waals surface area contributed by atoms with Crippen molar-refractivity contribution in [2.45, 2.75) is 6.92 Å². The highest BCUT2D eigenvalue weighted by atomic mass is 32.1. The van der Waals surface area contributed by atoms with Gasteiger partial charge in [0.1, 0.15) is 13.2 Å². The summed E-state index contributed by atoms with van der Waals surface area (Å²) in [6.45, 7) is 2.90. The number of amides is 1. The topological polar surface area (TPSA) is 73.6 Å². The van der Waals surface area contributed by atoms with Gasteiger partial charge >= 0.3 is 0 Å². The number of fused-ring (bicyclic) bond motifs is 1. The Morgan fingerprint density at radius 1 is 1.25 bits per heavy atom. The zero-order valence-corrected chi connectivity index (χ0v) is 11.8. The zero-order valence-electron chi connectivity index (χ0n) is 10.9. The van der Waals surface area contributed by atoms with Crippen LogP contribution in [0.25, 0.3) is 0 Å². The van der Waals surface area contributed by atoms with Gasteiger partial charge in [-0.05, 0) is 17.9 Å². The standard InChI is InChI=1S/C14H14N2O3S/c1-8-6-20-7-9(8)14(17)16-11-5-13-12(4-10(11)15)18-2-3-19-13/h4-7H,2-3,15H2,1H3,(H,16,17). The van der Waals surface area contributed by atoms with Crippen LogP contribution < -0.4 is 20.5 Å². The van der Waals surface area contributed by atoms with Crippen LogP contribution >= 0.6 is 11.3 Å². The summed E-state index contributed by atoms with van der Waals surface area (Å²) in [7, 11) is 0. The Kier molecular flexibility index (Phi) is 3.23. The maximum Gasteiger partial charge on any atom is 0.256 e. The van der Waals surface area contributed by atoms with Gasteiger partial charge in [0.25, 0.3) is 5.91 Å². The largest absolute Gasteiger partial charge is 0.486 e. The van der Waals surface area contributed by atoms with E-state index in [0.29, 0.717) is 41.7 Å². The van der Waals surface area contributed by atoms with Crippen molar-refractivity contribution >= 4 is 28.6 Å². The predicted octanol–water partition coefficient (Wildman–Crippen LogP) is 2.66. The molecule has 1 aliphatic heterocycles. The number of hydrogen-bond donors (Lipinski definition) is 2. The molecule has 6 heteroatoms. The van der Waals surface area contributed by atoms with E-state index in [9.17, 15) is 4.79 Å². The average molecular weight is 290 g/mol. The summed E-state index contributed by atoms with van der Waals surface area (Å²) in [6, 6.07) is 3.37. The summed E-state index contributed by atoms with van der Waals surface area (Å²) in [5.41, 5.74) is 8.53. The molecule has 0 saturated carbocycles. The van der Waals surface area contributed by atoms with Crippen molar-refractivity contribution in [3.63, 3.8) is 0 Å². The fourth-order valence-electron chi connectivity index (χ4n) is 2.00. The molecule has 0 radical (unpaired) electrons. The number of ether oxygens (including phenoxy) is 2. The number of nitrogens with one attached hydrogen (secondary N) is 1. The highest BCUT2D eigenvalue weighted by Crippen LogP contribution is 2.37. The third-order valence-corrected chi connectivity index (χ3v) is 3.92. The minimum atomic E-state index is -0.174. The molecule has 2 aromatic rings. The first-order valence-corrected chi connectivity index (χ1v) is 7.12. The normalized spacial score (nSPS) is 13.1. The van der Waals surface area contributed by atoms with E-state index >= 15 is 0 Å². The van der Waals surface area contributed by atoms with Crippen LogP contribution in [0.15, 0.2) is 22.9 Å². The molecule has 0 bridgehead atoms. The number of aryl methyl sites for hydroxylation is 1. The number of carbonyl (C=O) groups is 1. The fraction of sp³-hybridized carbons (Fsp3) is 0.214. The third kappa shape index (κ3) is 2.30. The first-order valence-electron chi connectivity index (χ1n) is 6.18. The molecule has 20 heavy (non-hydrogen) atoms. The van der Waals surface area contributed by atoms with Gasteiger partial charge in [-0.3, -0.25) is 4.79 Å². The number of rotatable bonds is 2. The second-order valence-electron chi connectivity index (χ2n) is 4.51. The van der Waals surface area contributed by atoms with Crippen molar-refractivity contribution in [1.29, 1.82) is 0 Å². The first kappa shape index (κ1) is 12.8. The van der Waals surface area contributed by atoms with Crippen LogP contribution in [0.4, 0.5) is 11.4 Å². The number of benzene rings is 1. The third-order valence-electron chi connectivity index (χ3n) is 3.06. The minimum absolute atomic E-state index is 0.174. The van der Waals surface area contributed by atoms with Crippen LogP contribution in [0.5, 0.6) is 11.5 Å². The average Bonchev–Trinajstić information content (AvgIpc) is 2.86. The zero-order chi connectivity index (χ0) is 14.1. The number of carbonyl (C=O) groups excluding carboxylic acids is 1. The molecular formula is C14H14N2O3S. The minimum Gasteiger partial charge on any atom is -0.486 e. The maximum atomic E-state index is 12.2. The van der Waals surface area contributed by atoms with Crippen molar-refractivity contribution in [2.75, 3.05) is 24.3 Å². The highest BCUT2D eigenvalue weighted by molar-refractivity contribution is 7.08. The van der Waals surface area contributed by atoms with Gasteiger partial charge < -0.3 is 20.5 Å². The molecule has 1 aliphatic rings. The van der Waals surface area contributed by atoms with Crippen LogP contribution in [0.3, 0.4) is 0 Å². The lowest BCUT2D eigenvalue weighted by molar-refractivity contribution is 0.102. The van der Waals surface area contributed by atoms with Gasteiger partial charge in [-0.25, -0.2) is 0 Å². The second kappa shape index (κ2) is 5.05. The van der Waals surface area contributed by atoms with Crippen LogP contribution in [0.2, 0.25) is 0 Å². The van der Waals surface area contributed by atoms with Crippen molar-refractivity contribution in [3.05, 3.63) is 34.0 Å². The molecule has 5 nitrogen and oxygen atoms in total. The highest BCUT2D eigenvalue weighted by Gasteiger charge is 2.17. The Bertz CT molecular complexity index is 666. The number of nitrogens with two attached hydrogens (primary N) is 1. The van der Waals surface area contributed by atoms with Gasteiger partial charge in [-0.1, -0.05) is 0 Å². The monoisotopic (exact) mass is 290 g/mol. The van der Waals surface area contributed by atoms with E-state index in [1.807, 2.05) is 17.7 Å². The molecule has 0 fully saturated rings. The predicted molar refractivity (Wildman–Crippen MR) is 78.9 cm³/mol. The van der Waals surface area contributed by atoms with Gasteiger partial charge in [0.15, 0.2) is 11.5 Å². The molecule has 1 amide bonds. The SMILES string of the molecule is Cc1cscc1C(=O)Nc1cc2c(cc1N)OCCO2. The van der Waals surface area contributed by atoms with Crippen LogP contribution in [0.1, 0.15) is 15.9 Å². The van der Waals surface area contributed by atoms with E-state index in [1.54, 1.807) is 12.1 Å². The molecule has 104 valence electrons. The summed E-state index contributed by atoms with van der Waals surface area (Å²) in [6.07, 6.45) is 0. The molecule has 0 atom stereocenters. The summed E-state index contributed by atoms with van der Waals surface area (Å²) in [5.74, 6) is 1.04. The van der Waals surface area contributed by atoms with Crippen LogP contribution in [0, 0.1) is 6.92 Å². The summed E-state index contributed by atoms with van der Waals surface area (Å²) >= 11 is 1.50. The number of anilines is 2. The Labute approximate surface area is 120 Å². The summed E-state index contributed by atoms with van der Waals surface area (Å²) < 4.78 is 10.9. The number of hydrogen-bond acceptors (Lipinski definition) is 5. The summed E-state index contributed by atoms with van der Waals surface area (Å²) in [4.78, 5) is 12.2. The summed E-state index contributed by atoms with van der Waals surface area (Å²) in [5, 5.41) is 6.56. The van der Waals surface area contributed by atoms with Crippen molar-refractivity contribution in [3.8, 4) is 11.5 Å². The molecule has 3 N–H and O–H groups in total. The van der Waals surface area contributed by atoms with Crippen molar-refractivity contribution in [2.24, 2.45) is 0 Å². The van der Waals surface area contributed by atoms with Gasteiger partial charge in [0.05, 0.1) is 16.9 Å². The Hall–Kier alpha value is -2.21. The molecule has 0 unspecified atom stereocenters. The molecule has 2 heterocycles. The van der Waals surface area contributed by atoms with E-state index in [-0.39, 0.29) is 5.91 Å². The molecular weight excluding hydrogens is 276 g/mol. The first-order chi connectivity index (χ1) is 9.65. The van der Waals surface area contributed by atoms with E-state index in [0.717, 1.165) is 5.56 Å². The number of nitrogen functional groups attached to an aromatic ring is 1. The Morgan fingerprint density at radius 2 is 1.95 bits per heavy atom. The lowest BCUT2D eigenvalue weighted by atomic mass is 10.2. The molecule has 0 aliphatic carbocycles. The quantitative estimate of drug-likeness (QED) is 0.834. The molecule has 0 spiro atoms. The van der Waals surface area contributed by atoms with Crippen molar-refractivity contribution < 1.29 is 14.3 Å². The van der Waals surface area contributed by atoms with Crippen LogP contribution in [-0.4, -0.2) is 19.1 Å². The Morgan fingerprint density at radius 3 is 2.60 bits per heavy atom. The van der Waals surface area contributed by atoms with E-state index in [2.05, 4.69) is 5.32 Å². The van der Waals surface area contributed by atoms with E-state index in [1.165, 1.54) is 11.3 Å². The van der Waals surface area contributed by atoms with Gasteiger partial charge in [0.2, 0.25) is 0 Å². The fourth-order valence-corrected chi connectivity index (χ4v) is 2.82. The Balaban J connectivity index is 1.87. The van der Waals surface area contributed by atoms with E-state index < -0.39 is 0 Å². The number of thiophene rings is 1.